The molecule has 0 aromatic heterocycles. The topological polar surface area (TPSA) is 58.2 Å². The largest absolute Gasteiger partial charge is 0.316 e. The molecule has 2 N–H and O–H groups in total. The minimum atomic E-state index is -3.12. The zero-order chi connectivity index (χ0) is 12.2. The molecule has 1 aliphatic heterocycles. The summed E-state index contributed by atoms with van der Waals surface area (Å²) in [6, 6.07) is 0. The van der Waals surface area contributed by atoms with Gasteiger partial charge in [0, 0.05) is 6.54 Å². The lowest BCUT2D eigenvalue weighted by atomic mass is 10.0. The van der Waals surface area contributed by atoms with Crippen molar-refractivity contribution in [3.8, 4) is 0 Å². The van der Waals surface area contributed by atoms with E-state index >= 15 is 0 Å². The van der Waals surface area contributed by atoms with Gasteiger partial charge in [-0.1, -0.05) is 20.8 Å². The van der Waals surface area contributed by atoms with E-state index in [-0.39, 0.29) is 23.6 Å². The fourth-order valence-corrected chi connectivity index (χ4v) is 3.70. The molecule has 104 valence electrons. The van der Waals surface area contributed by atoms with Gasteiger partial charge in [-0.25, -0.2) is 13.1 Å². The van der Waals surface area contributed by atoms with Gasteiger partial charge in [0.2, 0.25) is 10.0 Å². The van der Waals surface area contributed by atoms with Crippen molar-refractivity contribution in [2.75, 3.05) is 25.4 Å². The summed E-state index contributed by atoms with van der Waals surface area (Å²) in [5.41, 5.74) is -0.184. The van der Waals surface area contributed by atoms with Crippen molar-refractivity contribution in [2.24, 2.45) is 11.3 Å². The Morgan fingerprint density at radius 1 is 1.35 bits per heavy atom. The first-order valence-corrected chi connectivity index (χ1v) is 7.62. The van der Waals surface area contributed by atoms with Gasteiger partial charge in [0.15, 0.2) is 0 Å². The average Bonchev–Trinajstić information content (AvgIpc) is 2.13. The Morgan fingerprint density at radius 3 is 2.47 bits per heavy atom. The lowest BCUT2D eigenvalue weighted by Crippen LogP contribution is -2.40. The number of nitrogens with one attached hydrogen (secondary N) is 2. The first kappa shape index (κ1) is 17.2. The standard InChI is InChI=1S/C11H24N2O2S.ClH/c1-11(2,3)9-16(14,15)13-8-10-5-4-6-12-7-10;/h10,12-13H,4-9H2,1-3H3;1H. The molecule has 0 bridgehead atoms. The molecular weight excluding hydrogens is 260 g/mol. The van der Waals surface area contributed by atoms with Crippen molar-refractivity contribution in [2.45, 2.75) is 33.6 Å². The first-order chi connectivity index (χ1) is 7.29. The molecule has 0 aromatic carbocycles. The van der Waals surface area contributed by atoms with Crippen LogP contribution in [0.15, 0.2) is 0 Å². The van der Waals surface area contributed by atoms with Crippen LogP contribution in [-0.4, -0.2) is 33.8 Å². The summed E-state index contributed by atoms with van der Waals surface area (Å²) in [5.74, 6) is 0.642. The van der Waals surface area contributed by atoms with E-state index in [9.17, 15) is 8.42 Å². The minimum absolute atomic E-state index is 0. The van der Waals surface area contributed by atoms with Gasteiger partial charge in [0.25, 0.3) is 0 Å². The van der Waals surface area contributed by atoms with Crippen molar-refractivity contribution in [1.29, 1.82) is 0 Å². The Kier molecular flexibility index (Phi) is 6.99. The highest BCUT2D eigenvalue weighted by atomic mass is 35.5. The SMILES string of the molecule is CC(C)(C)CS(=O)(=O)NCC1CCCNC1.Cl. The minimum Gasteiger partial charge on any atom is -0.316 e. The van der Waals surface area contributed by atoms with E-state index in [0.29, 0.717) is 12.5 Å². The lowest BCUT2D eigenvalue weighted by molar-refractivity contribution is 0.374. The normalized spacial score (nSPS) is 21.9. The molecule has 1 unspecified atom stereocenters. The second kappa shape index (κ2) is 6.92. The van der Waals surface area contributed by atoms with Crippen LogP contribution >= 0.6 is 12.4 Å². The van der Waals surface area contributed by atoms with E-state index in [1.165, 1.54) is 0 Å². The van der Waals surface area contributed by atoms with Crippen molar-refractivity contribution in [1.82, 2.24) is 10.0 Å². The molecule has 0 saturated carbocycles. The molecule has 4 nitrogen and oxygen atoms in total. The molecule has 1 atom stereocenters. The quantitative estimate of drug-likeness (QED) is 0.820. The molecule has 17 heavy (non-hydrogen) atoms. The molecule has 0 aromatic rings. The van der Waals surface area contributed by atoms with Crippen LogP contribution in [0.4, 0.5) is 0 Å². The predicted molar refractivity (Wildman–Crippen MR) is 74.1 cm³/mol. The zero-order valence-electron chi connectivity index (χ0n) is 11.0. The molecule has 1 saturated heterocycles. The predicted octanol–water partition coefficient (Wildman–Crippen LogP) is 1.37. The molecule has 1 aliphatic rings. The highest BCUT2D eigenvalue weighted by molar-refractivity contribution is 7.89. The zero-order valence-corrected chi connectivity index (χ0v) is 12.6. The van der Waals surface area contributed by atoms with Crippen LogP contribution < -0.4 is 10.0 Å². The number of halogens is 1. The highest BCUT2D eigenvalue weighted by Gasteiger charge is 2.22. The van der Waals surface area contributed by atoms with E-state index < -0.39 is 10.0 Å². The highest BCUT2D eigenvalue weighted by Crippen LogP contribution is 2.16. The van der Waals surface area contributed by atoms with Crippen molar-refractivity contribution in [3.05, 3.63) is 0 Å². The lowest BCUT2D eigenvalue weighted by Gasteiger charge is -2.24. The van der Waals surface area contributed by atoms with Crippen LogP contribution in [0.5, 0.6) is 0 Å². The van der Waals surface area contributed by atoms with Crippen LogP contribution in [0.25, 0.3) is 0 Å². The van der Waals surface area contributed by atoms with Gasteiger partial charge >= 0.3 is 0 Å². The van der Waals surface area contributed by atoms with Gasteiger partial charge in [0.1, 0.15) is 0 Å². The summed E-state index contributed by atoms with van der Waals surface area (Å²) < 4.78 is 26.2. The first-order valence-electron chi connectivity index (χ1n) is 5.97. The molecule has 1 fully saturated rings. The number of piperidine rings is 1. The third kappa shape index (κ3) is 7.97. The Balaban J connectivity index is 0.00000256. The number of hydrogen-bond donors (Lipinski definition) is 2. The van der Waals surface area contributed by atoms with Crippen LogP contribution in [-0.2, 0) is 10.0 Å². The maximum atomic E-state index is 11.8. The Hall–Kier alpha value is 0.160. The fraction of sp³-hybridized carbons (Fsp3) is 1.00. The van der Waals surface area contributed by atoms with Crippen LogP contribution in [0.1, 0.15) is 33.6 Å². The average molecular weight is 285 g/mol. The second-order valence-corrected chi connectivity index (χ2v) is 7.69. The Bertz CT molecular complexity index is 306. The van der Waals surface area contributed by atoms with Crippen LogP contribution in [0, 0.1) is 11.3 Å². The van der Waals surface area contributed by atoms with E-state index in [4.69, 9.17) is 0 Å². The van der Waals surface area contributed by atoms with Gasteiger partial charge in [-0.3, -0.25) is 0 Å². The third-order valence-electron chi connectivity index (χ3n) is 2.61. The van der Waals surface area contributed by atoms with Gasteiger partial charge in [-0.2, -0.15) is 0 Å². The molecule has 1 heterocycles. The summed E-state index contributed by atoms with van der Waals surface area (Å²) in [4.78, 5) is 0. The summed E-state index contributed by atoms with van der Waals surface area (Å²) in [7, 11) is -3.12. The van der Waals surface area contributed by atoms with Crippen molar-refractivity contribution < 1.29 is 8.42 Å². The Morgan fingerprint density at radius 2 is 2.00 bits per heavy atom. The molecule has 1 rings (SSSR count). The van der Waals surface area contributed by atoms with E-state index in [2.05, 4.69) is 10.0 Å². The third-order valence-corrected chi connectivity index (χ3v) is 4.47. The van der Waals surface area contributed by atoms with E-state index in [1.807, 2.05) is 20.8 Å². The van der Waals surface area contributed by atoms with E-state index in [1.54, 1.807) is 0 Å². The molecule has 0 radical (unpaired) electrons. The second-order valence-electron chi connectivity index (χ2n) is 5.88. The van der Waals surface area contributed by atoms with Crippen molar-refractivity contribution in [3.63, 3.8) is 0 Å². The molecule has 0 amide bonds. The smallest absolute Gasteiger partial charge is 0.212 e. The molecule has 6 heteroatoms. The summed E-state index contributed by atoms with van der Waals surface area (Å²) in [6.07, 6.45) is 2.26. The number of sulfonamides is 1. The summed E-state index contributed by atoms with van der Waals surface area (Å²) >= 11 is 0. The van der Waals surface area contributed by atoms with E-state index in [0.717, 1.165) is 25.9 Å². The van der Waals surface area contributed by atoms with Gasteiger partial charge in [0.05, 0.1) is 5.75 Å². The fourth-order valence-electron chi connectivity index (χ4n) is 1.96. The maximum Gasteiger partial charge on any atom is 0.212 e. The number of rotatable bonds is 4. The molecule has 0 aliphatic carbocycles. The van der Waals surface area contributed by atoms with Gasteiger partial charge in [-0.05, 0) is 37.3 Å². The van der Waals surface area contributed by atoms with Crippen molar-refractivity contribution >= 4 is 22.4 Å². The molecular formula is C11H25ClN2O2S. The Labute approximate surface area is 111 Å². The maximum absolute atomic E-state index is 11.8. The van der Waals surface area contributed by atoms with Gasteiger partial charge < -0.3 is 5.32 Å². The van der Waals surface area contributed by atoms with Crippen LogP contribution in [0.2, 0.25) is 0 Å². The van der Waals surface area contributed by atoms with Gasteiger partial charge in [-0.15, -0.1) is 12.4 Å². The summed E-state index contributed by atoms with van der Waals surface area (Å²) in [6.45, 7) is 8.38. The van der Waals surface area contributed by atoms with Crippen LogP contribution in [0.3, 0.4) is 0 Å². The monoisotopic (exact) mass is 284 g/mol. The number of hydrogen-bond acceptors (Lipinski definition) is 3. The molecule has 0 spiro atoms. The summed E-state index contributed by atoms with van der Waals surface area (Å²) in [5, 5.41) is 3.28.